The molecule has 1 amide bonds. The molecule has 1 aliphatic heterocycles. The van der Waals surface area contributed by atoms with Gasteiger partial charge in [0, 0.05) is 36.7 Å². The third-order valence-electron chi connectivity index (χ3n) is 5.57. The normalized spacial score (nSPS) is 16.4. The minimum Gasteiger partial charge on any atom is -0.506 e. The van der Waals surface area contributed by atoms with Crippen molar-refractivity contribution in [1.29, 1.82) is 0 Å². The summed E-state index contributed by atoms with van der Waals surface area (Å²) in [6, 6.07) is 8.70. The zero-order chi connectivity index (χ0) is 22.0. The fourth-order valence-electron chi connectivity index (χ4n) is 3.61. The molecule has 1 unspecified atom stereocenters. The molecule has 0 bridgehead atoms. The van der Waals surface area contributed by atoms with Gasteiger partial charge < -0.3 is 20.1 Å². The number of amides is 1. The van der Waals surface area contributed by atoms with E-state index in [1.165, 1.54) is 0 Å². The number of halogens is 1. The maximum absolute atomic E-state index is 13.0. The van der Waals surface area contributed by atoms with Crippen LogP contribution in [0.15, 0.2) is 42.7 Å². The Morgan fingerprint density at radius 3 is 2.74 bits per heavy atom. The Morgan fingerprint density at radius 1 is 1.29 bits per heavy atom. The number of imidazole rings is 1. The third-order valence-corrected chi connectivity index (χ3v) is 5.89. The quantitative estimate of drug-likeness (QED) is 0.536. The summed E-state index contributed by atoms with van der Waals surface area (Å²) in [7, 11) is 0. The maximum atomic E-state index is 13.0. The molecule has 7 nitrogen and oxygen atoms in total. The molecule has 1 atom stereocenters. The van der Waals surface area contributed by atoms with Gasteiger partial charge in [-0.15, -0.1) is 0 Å². The predicted octanol–water partition coefficient (Wildman–Crippen LogP) is 4.07. The van der Waals surface area contributed by atoms with Crippen LogP contribution < -0.4 is 5.32 Å². The summed E-state index contributed by atoms with van der Waals surface area (Å²) in [5, 5.41) is 13.4. The van der Waals surface area contributed by atoms with Gasteiger partial charge in [-0.1, -0.05) is 17.7 Å². The molecule has 1 saturated heterocycles. The number of nitrogens with one attached hydrogen (secondary N) is 2. The van der Waals surface area contributed by atoms with Crippen LogP contribution in [0.5, 0.6) is 5.75 Å². The lowest BCUT2D eigenvalue weighted by molar-refractivity contribution is -0.126. The van der Waals surface area contributed by atoms with E-state index in [1.807, 2.05) is 26.0 Å². The first-order valence-corrected chi connectivity index (χ1v) is 10.6. The molecule has 0 saturated carbocycles. The van der Waals surface area contributed by atoms with Crippen LogP contribution in [0.2, 0.25) is 5.02 Å². The van der Waals surface area contributed by atoms with Crippen LogP contribution >= 0.6 is 11.6 Å². The van der Waals surface area contributed by atoms with Crippen LogP contribution in [0.4, 0.5) is 0 Å². The summed E-state index contributed by atoms with van der Waals surface area (Å²) in [4.78, 5) is 25.2. The summed E-state index contributed by atoms with van der Waals surface area (Å²) in [6.45, 7) is 4.89. The summed E-state index contributed by atoms with van der Waals surface area (Å²) in [5.41, 5.74) is 2.00. The second kappa shape index (κ2) is 8.69. The highest BCUT2D eigenvalue weighted by atomic mass is 35.5. The number of phenolic OH excluding ortho intramolecular Hbond substituents is 1. The van der Waals surface area contributed by atoms with Gasteiger partial charge in [0.05, 0.1) is 22.5 Å². The SMILES string of the molecule is CC(C)(C(=O)NCC1CCCO1)c1nc(-c2ccc(Cl)c(O)c2)c(-c2ccncc2)[nH]1. The van der Waals surface area contributed by atoms with Gasteiger partial charge in [-0.3, -0.25) is 9.78 Å². The van der Waals surface area contributed by atoms with Crippen molar-refractivity contribution in [2.24, 2.45) is 0 Å². The number of rotatable bonds is 6. The van der Waals surface area contributed by atoms with E-state index in [4.69, 9.17) is 21.3 Å². The van der Waals surface area contributed by atoms with Gasteiger partial charge in [0.1, 0.15) is 17.0 Å². The molecule has 4 rings (SSSR count). The van der Waals surface area contributed by atoms with E-state index in [-0.39, 0.29) is 22.8 Å². The van der Waals surface area contributed by atoms with E-state index >= 15 is 0 Å². The predicted molar refractivity (Wildman–Crippen MR) is 119 cm³/mol. The molecule has 0 spiro atoms. The van der Waals surface area contributed by atoms with Crippen molar-refractivity contribution < 1.29 is 14.6 Å². The van der Waals surface area contributed by atoms with Gasteiger partial charge in [0.2, 0.25) is 5.91 Å². The molecule has 8 heteroatoms. The Hall–Kier alpha value is -2.90. The van der Waals surface area contributed by atoms with Crippen LogP contribution in [0, 0.1) is 0 Å². The number of hydrogen-bond donors (Lipinski definition) is 3. The third kappa shape index (κ3) is 4.43. The molecule has 0 aliphatic carbocycles. The standard InChI is InChI=1S/C23H25ClN4O3/c1-23(2,22(30)26-13-16-4-3-11-31-16)21-27-19(14-7-9-25-10-8-14)20(28-21)15-5-6-17(24)18(29)12-15/h5-10,12,16,29H,3-4,11,13H2,1-2H3,(H,26,30)(H,27,28). The summed E-state index contributed by atoms with van der Waals surface area (Å²) < 4.78 is 5.60. The highest BCUT2D eigenvalue weighted by Crippen LogP contribution is 2.36. The number of pyridine rings is 1. The minimum absolute atomic E-state index is 0.0297. The smallest absolute Gasteiger partial charge is 0.233 e. The molecular weight excluding hydrogens is 416 g/mol. The van der Waals surface area contributed by atoms with Crippen LogP contribution in [0.3, 0.4) is 0 Å². The van der Waals surface area contributed by atoms with Crippen LogP contribution in [0.1, 0.15) is 32.5 Å². The molecule has 1 aliphatic rings. The average molecular weight is 441 g/mol. The average Bonchev–Trinajstić information content (AvgIpc) is 3.45. The van der Waals surface area contributed by atoms with Crippen molar-refractivity contribution in [3.05, 3.63) is 53.6 Å². The number of nitrogens with zero attached hydrogens (tertiary/aromatic N) is 2. The fraction of sp³-hybridized carbons (Fsp3) is 0.348. The molecule has 1 fully saturated rings. The first-order chi connectivity index (χ1) is 14.9. The number of hydrogen-bond acceptors (Lipinski definition) is 5. The zero-order valence-electron chi connectivity index (χ0n) is 17.5. The van der Waals surface area contributed by atoms with E-state index in [1.54, 1.807) is 30.6 Å². The molecule has 31 heavy (non-hydrogen) atoms. The van der Waals surface area contributed by atoms with Crippen LogP contribution in [-0.4, -0.2) is 45.2 Å². The van der Waals surface area contributed by atoms with Crippen molar-refractivity contribution in [2.75, 3.05) is 13.2 Å². The number of aromatic nitrogens is 3. The van der Waals surface area contributed by atoms with Crippen molar-refractivity contribution in [2.45, 2.75) is 38.2 Å². The Kier molecular flexibility index (Phi) is 5.98. The van der Waals surface area contributed by atoms with Gasteiger partial charge in [0.15, 0.2) is 0 Å². The Morgan fingerprint density at radius 2 is 2.06 bits per heavy atom. The molecule has 3 heterocycles. The van der Waals surface area contributed by atoms with Crippen molar-refractivity contribution in [3.63, 3.8) is 0 Å². The minimum atomic E-state index is -0.910. The Labute approximate surface area is 185 Å². The van der Waals surface area contributed by atoms with Gasteiger partial charge in [0.25, 0.3) is 0 Å². The number of benzene rings is 1. The molecule has 1 aromatic carbocycles. The van der Waals surface area contributed by atoms with Gasteiger partial charge in [-0.25, -0.2) is 4.98 Å². The molecule has 3 N–H and O–H groups in total. The van der Waals surface area contributed by atoms with E-state index < -0.39 is 5.41 Å². The summed E-state index contributed by atoms with van der Waals surface area (Å²) >= 11 is 5.98. The lowest BCUT2D eigenvalue weighted by Gasteiger charge is -2.22. The second-order valence-corrected chi connectivity index (χ2v) is 8.59. The van der Waals surface area contributed by atoms with Gasteiger partial charge in [-0.2, -0.15) is 0 Å². The van der Waals surface area contributed by atoms with E-state index in [0.29, 0.717) is 23.6 Å². The summed E-state index contributed by atoms with van der Waals surface area (Å²) in [6.07, 6.45) is 5.43. The van der Waals surface area contributed by atoms with E-state index in [2.05, 4.69) is 15.3 Å². The molecule has 0 radical (unpaired) electrons. The molecule has 162 valence electrons. The number of phenols is 1. The highest BCUT2D eigenvalue weighted by molar-refractivity contribution is 6.32. The van der Waals surface area contributed by atoms with Gasteiger partial charge >= 0.3 is 0 Å². The molecule has 3 aromatic rings. The molecule has 2 aromatic heterocycles. The topological polar surface area (TPSA) is 100 Å². The number of H-pyrrole nitrogens is 1. The highest BCUT2D eigenvalue weighted by Gasteiger charge is 2.35. The number of aromatic hydroxyl groups is 1. The number of ether oxygens (including phenoxy) is 1. The van der Waals surface area contributed by atoms with E-state index in [9.17, 15) is 9.90 Å². The zero-order valence-corrected chi connectivity index (χ0v) is 18.2. The van der Waals surface area contributed by atoms with Crippen LogP contribution in [0.25, 0.3) is 22.5 Å². The van der Waals surface area contributed by atoms with Crippen molar-refractivity contribution >= 4 is 17.5 Å². The van der Waals surface area contributed by atoms with Crippen molar-refractivity contribution in [1.82, 2.24) is 20.3 Å². The number of carbonyl (C=O) groups excluding carboxylic acids is 1. The lowest BCUT2D eigenvalue weighted by atomic mass is 9.91. The van der Waals surface area contributed by atoms with E-state index in [0.717, 1.165) is 30.7 Å². The maximum Gasteiger partial charge on any atom is 0.233 e. The molecular formula is C23H25ClN4O3. The first kappa shape index (κ1) is 21.3. The first-order valence-electron chi connectivity index (χ1n) is 10.3. The Bertz CT molecular complexity index is 1080. The fourth-order valence-corrected chi connectivity index (χ4v) is 3.72. The van der Waals surface area contributed by atoms with Crippen LogP contribution in [-0.2, 0) is 14.9 Å². The van der Waals surface area contributed by atoms with Gasteiger partial charge in [-0.05, 0) is 51.0 Å². The number of aromatic amines is 1. The Balaban J connectivity index is 1.70. The number of carbonyl (C=O) groups is 1. The largest absolute Gasteiger partial charge is 0.506 e. The van der Waals surface area contributed by atoms with Crippen molar-refractivity contribution in [3.8, 4) is 28.3 Å². The summed E-state index contributed by atoms with van der Waals surface area (Å²) in [5.74, 6) is 0.357. The second-order valence-electron chi connectivity index (χ2n) is 8.18. The lowest BCUT2D eigenvalue weighted by Crippen LogP contribution is -2.43. The monoisotopic (exact) mass is 440 g/mol.